The van der Waals surface area contributed by atoms with Crippen molar-refractivity contribution in [2.24, 2.45) is 17.8 Å². The van der Waals surface area contributed by atoms with Gasteiger partial charge in [-0.05, 0) is 72.4 Å². The summed E-state index contributed by atoms with van der Waals surface area (Å²) >= 11 is 6.58. The number of ether oxygens (including phenoxy) is 1. The van der Waals surface area contributed by atoms with Crippen molar-refractivity contribution in [3.8, 4) is 16.9 Å². The molecule has 0 aliphatic heterocycles. The van der Waals surface area contributed by atoms with Gasteiger partial charge in [-0.1, -0.05) is 30.7 Å². The van der Waals surface area contributed by atoms with Gasteiger partial charge in [-0.3, -0.25) is 4.79 Å². The van der Waals surface area contributed by atoms with E-state index in [2.05, 4.69) is 0 Å². The van der Waals surface area contributed by atoms with E-state index in [-0.39, 0.29) is 11.8 Å². The van der Waals surface area contributed by atoms with Crippen LogP contribution in [0.4, 0.5) is 13.2 Å². The Morgan fingerprint density at radius 1 is 1.23 bits per heavy atom. The zero-order chi connectivity index (χ0) is 21.6. The van der Waals surface area contributed by atoms with Gasteiger partial charge >= 0.3 is 12.1 Å². The predicted molar refractivity (Wildman–Crippen MR) is 108 cm³/mol. The second kappa shape index (κ2) is 7.80. The lowest BCUT2D eigenvalue weighted by atomic mass is 9.96. The molecule has 7 heteroatoms. The maximum absolute atomic E-state index is 12.9. The van der Waals surface area contributed by atoms with Crippen molar-refractivity contribution in [2.75, 3.05) is 6.61 Å². The van der Waals surface area contributed by atoms with E-state index in [4.69, 9.17) is 16.3 Å². The first-order chi connectivity index (χ1) is 14.1. The number of carboxylic acids is 1. The molecule has 0 spiro atoms. The molecule has 0 heterocycles. The summed E-state index contributed by atoms with van der Waals surface area (Å²) in [6.07, 6.45) is -1.42. The minimum atomic E-state index is -4.41. The molecule has 3 nitrogen and oxygen atoms in total. The van der Waals surface area contributed by atoms with Crippen molar-refractivity contribution in [1.82, 2.24) is 0 Å². The van der Waals surface area contributed by atoms with Crippen LogP contribution in [0.15, 0.2) is 36.4 Å². The van der Waals surface area contributed by atoms with Crippen molar-refractivity contribution >= 4 is 17.6 Å². The van der Waals surface area contributed by atoms with Gasteiger partial charge in [0.2, 0.25) is 0 Å². The van der Waals surface area contributed by atoms with Crippen LogP contribution in [0.3, 0.4) is 0 Å². The predicted octanol–water partition coefficient (Wildman–Crippen LogP) is 6.64. The number of hydrogen-bond acceptors (Lipinski definition) is 2. The average Bonchev–Trinajstić information content (AvgIpc) is 3.60. The van der Waals surface area contributed by atoms with Gasteiger partial charge in [0.25, 0.3) is 0 Å². The molecule has 1 N–H and O–H groups in total. The first kappa shape index (κ1) is 21.0. The van der Waals surface area contributed by atoms with E-state index in [1.165, 1.54) is 12.1 Å². The molecular formula is C23H22ClF3O3. The highest BCUT2D eigenvalue weighted by molar-refractivity contribution is 6.34. The number of rotatable bonds is 7. The molecule has 0 bridgehead atoms. The number of aliphatic carboxylic acids is 1. The van der Waals surface area contributed by atoms with E-state index >= 15 is 0 Å². The molecule has 2 aromatic rings. The summed E-state index contributed by atoms with van der Waals surface area (Å²) in [6.45, 7) is 2.25. The first-order valence-corrected chi connectivity index (χ1v) is 10.4. The van der Waals surface area contributed by atoms with Crippen LogP contribution >= 0.6 is 11.6 Å². The van der Waals surface area contributed by atoms with Crippen LogP contribution < -0.4 is 4.74 Å². The molecule has 2 saturated carbocycles. The molecule has 2 aliphatic carbocycles. The largest absolute Gasteiger partial charge is 0.492 e. The number of benzene rings is 2. The van der Waals surface area contributed by atoms with E-state index in [1.807, 2.05) is 12.1 Å². The average molecular weight is 439 g/mol. The fraction of sp³-hybridized carbons (Fsp3) is 0.435. The summed E-state index contributed by atoms with van der Waals surface area (Å²) in [5.74, 6) is -0.171. The van der Waals surface area contributed by atoms with E-state index in [1.54, 1.807) is 6.92 Å². The van der Waals surface area contributed by atoms with Crippen LogP contribution in [0.1, 0.15) is 43.2 Å². The zero-order valence-corrected chi connectivity index (χ0v) is 17.1. The van der Waals surface area contributed by atoms with Crippen molar-refractivity contribution in [3.63, 3.8) is 0 Å². The third-order valence-corrected chi connectivity index (χ3v) is 6.45. The van der Waals surface area contributed by atoms with Gasteiger partial charge in [0.15, 0.2) is 0 Å². The topological polar surface area (TPSA) is 46.5 Å². The molecular weight excluding hydrogens is 417 g/mol. The summed E-state index contributed by atoms with van der Waals surface area (Å²) in [5.41, 5.74) is 1.36. The number of carbonyl (C=O) groups is 1. The third-order valence-electron chi connectivity index (χ3n) is 6.06. The monoisotopic (exact) mass is 438 g/mol. The Kier molecular flexibility index (Phi) is 5.47. The Morgan fingerprint density at radius 3 is 2.47 bits per heavy atom. The Bertz CT molecular complexity index is 951. The first-order valence-electron chi connectivity index (χ1n) is 10.0. The highest BCUT2D eigenvalue weighted by Gasteiger charge is 2.45. The summed E-state index contributed by atoms with van der Waals surface area (Å²) in [7, 11) is 0. The summed E-state index contributed by atoms with van der Waals surface area (Å²) in [6, 6.07) is 8.60. The molecule has 0 radical (unpaired) electrons. The minimum absolute atomic E-state index is 0.0282. The lowest BCUT2D eigenvalue weighted by Gasteiger charge is -2.16. The Balaban J connectivity index is 1.68. The van der Waals surface area contributed by atoms with Gasteiger partial charge in [-0.25, -0.2) is 0 Å². The van der Waals surface area contributed by atoms with Gasteiger partial charge in [-0.2, -0.15) is 13.2 Å². The van der Waals surface area contributed by atoms with Gasteiger partial charge in [-0.15, -0.1) is 0 Å². The normalized spacial score (nSPS) is 21.9. The summed E-state index contributed by atoms with van der Waals surface area (Å²) in [4.78, 5) is 11.3. The van der Waals surface area contributed by atoms with E-state index in [0.717, 1.165) is 37.0 Å². The van der Waals surface area contributed by atoms with Crippen LogP contribution in [0.5, 0.6) is 5.75 Å². The molecule has 3 atom stereocenters. The number of alkyl halides is 3. The Morgan fingerprint density at radius 2 is 1.90 bits per heavy atom. The molecule has 0 amide bonds. The standard InChI is InChI=1S/C23H22ClF3O3/c1-12(22(28)29)17-10-18(17)15-8-19(14-4-6-16(7-5-14)23(25,26)27)21(24)20(9-15)30-11-13-2-3-13/h4-9,12-13,17-18H,2-3,10-11H2,1H3,(H,28,29). The number of hydrogen-bond donors (Lipinski definition) is 1. The molecule has 2 fully saturated rings. The number of halogens is 4. The van der Waals surface area contributed by atoms with Gasteiger partial charge < -0.3 is 9.84 Å². The summed E-state index contributed by atoms with van der Waals surface area (Å²) < 4.78 is 44.7. The van der Waals surface area contributed by atoms with E-state index < -0.39 is 23.6 Å². The molecule has 0 saturated heterocycles. The second-order valence-corrected chi connectivity index (χ2v) is 8.72. The molecule has 160 valence electrons. The molecule has 0 aromatic heterocycles. The van der Waals surface area contributed by atoms with Crippen LogP contribution in [0.2, 0.25) is 5.02 Å². The van der Waals surface area contributed by atoms with Crippen LogP contribution in [0, 0.1) is 17.8 Å². The van der Waals surface area contributed by atoms with Crippen LogP contribution in [0.25, 0.3) is 11.1 Å². The molecule has 2 aromatic carbocycles. The molecule has 2 aliphatic rings. The van der Waals surface area contributed by atoms with Gasteiger partial charge in [0.1, 0.15) is 5.75 Å². The maximum Gasteiger partial charge on any atom is 0.416 e. The lowest BCUT2D eigenvalue weighted by Crippen LogP contribution is -2.12. The van der Waals surface area contributed by atoms with Crippen molar-refractivity contribution in [2.45, 2.75) is 38.3 Å². The minimum Gasteiger partial charge on any atom is -0.492 e. The van der Waals surface area contributed by atoms with Crippen LogP contribution in [-0.2, 0) is 11.0 Å². The fourth-order valence-corrected chi connectivity index (χ4v) is 4.09. The van der Waals surface area contributed by atoms with Crippen LogP contribution in [-0.4, -0.2) is 17.7 Å². The Hall–Kier alpha value is -2.21. The van der Waals surface area contributed by atoms with Crippen molar-refractivity contribution < 1.29 is 27.8 Å². The Labute approximate surface area is 177 Å². The maximum atomic E-state index is 12.9. The lowest BCUT2D eigenvalue weighted by molar-refractivity contribution is -0.142. The summed E-state index contributed by atoms with van der Waals surface area (Å²) in [5, 5.41) is 9.66. The SMILES string of the molecule is CC(C(=O)O)C1CC1c1cc(OCC2CC2)c(Cl)c(-c2ccc(C(F)(F)F)cc2)c1. The second-order valence-electron chi connectivity index (χ2n) is 8.34. The van der Waals surface area contributed by atoms with E-state index in [0.29, 0.717) is 34.4 Å². The van der Waals surface area contributed by atoms with E-state index in [9.17, 15) is 23.1 Å². The van der Waals surface area contributed by atoms with Gasteiger partial charge in [0.05, 0.1) is 23.1 Å². The quantitative estimate of drug-likeness (QED) is 0.527. The number of carboxylic acid groups (broad SMARTS) is 1. The molecule has 30 heavy (non-hydrogen) atoms. The highest BCUT2D eigenvalue weighted by atomic mass is 35.5. The van der Waals surface area contributed by atoms with Crippen molar-refractivity contribution in [3.05, 3.63) is 52.5 Å². The zero-order valence-electron chi connectivity index (χ0n) is 16.4. The van der Waals surface area contributed by atoms with Crippen molar-refractivity contribution in [1.29, 1.82) is 0 Å². The molecule has 4 rings (SSSR count). The van der Waals surface area contributed by atoms with Gasteiger partial charge in [0, 0.05) is 5.56 Å². The molecule has 3 unspecified atom stereocenters. The fourth-order valence-electron chi connectivity index (χ4n) is 3.81. The smallest absolute Gasteiger partial charge is 0.416 e. The highest BCUT2D eigenvalue weighted by Crippen LogP contribution is 2.54. The third kappa shape index (κ3) is 4.43.